The molecule has 1 aromatic rings. The van der Waals surface area contributed by atoms with E-state index in [0.29, 0.717) is 11.1 Å². The number of rotatable bonds is 2. The lowest BCUT2D eigenvalue weighted by Crippen LogP contribution is -2.57. The molecule has 1 aromatic carbocycles. The molecule has 0 saturated heterocycles. The van der Waals surface area contributed by atoms with E-state index in [2.05, 4.69) is 0 Å². The first-order valence-corrected chi connectivity index (χ1v) is 5.78. The quantitative estimate of drug-likeness (QED) is 0.847. The lowest BCUT2D eigenvalue weighted by atomic mass is 9.97. The monoisotopic (exact) mass is 291 g/mol. The predicted molar refractivity (Wildman–Crippen MR) is 61.6 cm³/mol. The summed E-state index contributed by atoms with van der Waals surface area (Å²) < 4.78 is 36.9. The minimum atomic E-state index is -5.05. The molecule has 1 aliphatic carbocycles. The van der Waals surface area contributed by atoms with Gasteiger partial charge in [-0.2, -0.15) is 13.2 Å². The van der Waals surface area contributed by atoms with Crippen molar-refractivity contribution in [2.45, 2.75) is 24.6 Å². The number of alkyl halides is 3. The number of benzene rings is 1. The third kappa shape index (κ3) is 2.58. The van der Waals surface area contributed by atoms with Crippen LogP contribution in [0, 0.1) is 0 Å². The molecule has 0 radical (unpaired) electrons. The number of hydrogen-bond donors (Lipinski definition) is 1. The first-order chi connectivity index (χ1) is 8.74. The highest BCUT2D eigenvalue weighted by atomic mass is 35.5. The molecule has 0 aliphatic heterocycles. The van der Waals surface area contributed by atoms with E-state index in [9.17, 15) is 22.8 Å². The normalized spacial score (nSPS) is 16.8. The van der Waals surface area contributed by atoms with E-state index in [4.69, 9.17) is 11.6 Å². The standard InChI is InChI=1S/C12H9ClF3NO2/c13-9(18)11(17-10(19)12(14,15)16)5-7-3-1-2-4-8(7)6-11/h1-4H,5-6H2,(H,17,19). The first kappa shape index (κ1) is 13.9. The molecule has 3 nitrogen and oxygen atoms in total. The van der Waals surface area contributed by atoms with Crippen LogP contribution in [0.15, 0.2) is 24.3 Å². The summed E-state index contributed by atoms with van der Waals surface area (Å²) >= 11 is 5.40. The zero-order chi connectivity index (χ0) is 14.3. The van der Waals surface area contributed by atoms with Crippen molar-refractivity contribution in [1.82, 2.24) is 5.32 Å². The van der Waals surface area contributed by atoms with Crippen molar-refractivity contribution in [2.24, 2.45) is 0 Å². The molecule has 102 valence electrons. The molecule has 0 unspecified atom stereocenters. The summed E-state index contributed by atoms with van der Waals surface area (Å²) in [4.78, 5) is 22.5. The maximum Gasteiger partial charge on any atom is 0.471 e. The number of nitrogens with one attached hydrogen (secondary N) is 1. The van der Waals surface area contributed by atoms with Crippen molar-refractivity contribution >= 4 is 22.8 Å². The van der Waals surface area contributed by atoms with E-state index in [1.54, 1.807) is 29.6 Å². The minimum absolute atomic E-state index is 0.0344. The second kappa shape index (κ2) is 4.52. The van der Waals surface area contributed by atoms with E-state index in [1.165, 1.54) is 0 Å². The highest BCUT2D eigenvalue weighted by Crippen LogP contribution is 2.32. The van der Waals surface area contributed by atoms with E-state index >= 15 is 0 Å². The van der Waals surface area contributed by atoms with Crippen LogP contribution in [0.25, 0.3) is 0 Å². The summed E-state index contributed by atoms with van der Waals surface area (Å²) in [5.41, 5.74) is -0.296. The van der Waals surface area contributed by atoms with Gasteiger partial charge in [-0.3, -0.25) is 9.59 Å². The largest absolute Gasteiger partial charge is 0.471 e. The number of fused-ring (bicyclic) bond motifs is 1. The van der Waals surface area contributed by atoms with Crippen LogP contribution >= 0.6 is 11.6 Å². The van der Waals surface area contributed by atoms with Crippen molar-refractivity contribution in [2.75, 3.05) is 0 Å². The molecule has 0 bridgehead atoms. The van der Waals surface area contributed by atoms with E-state index in [-0.39, 0.29) is 12.8 Å². The Morgan fingerprint density at radius 3 is 2.00 bits per heavy atom. The molecule has 0 heterocycles. The van der Waals surface area contributed by atoms with Gasteiger partial charge in [-0.25, -0.2) is 0 Å². The first-order valence-electron chi connectivity index (χ1n) is 5.41. The fourth-order valence-corrected chi connectivity index (χ4v) is 2.36. The number of carbonyl (C=O) groups excluding carboxylic acids is 2. The van der Waals surface area contributed by atoms with Gasteiger partial charge < -0.3 is 5.32 Å². The van der Waals surface area contributed by atoms with Gasteiger partial charge in [0.15, 0.2) is 0 Å². The zero-order valence-electron chi connectivity index (χ0n) is 9.55. The second-order valence-corrected chi connectivity index (χ2v) is 4.77. The Morgan fingerprint density at radius 2 is 1.63 bits per heavy atom. The summed E-state index contributed by atoms with van der Waals surface area (Å²) in [6.07, 6.45) is -5.12. The summed E-state index contributed by atoms with van der Waals surface area (Å²) in [5.74, 6) is -2.16. The minimum Gasteiger partial charge on any atom is -0.334 e. The Balaban J connectivity index is 2.29. The number of carbonyl (C=O) groups is 2. The summed E-state index contributed by atoms with van der Waals surface area (Å²) in [7, 11) is 0. The van der Waals surface area contributed by atoms with Gasteiger partial charge in [0, 0.05) is 12.8 Å². The molecule has 1 aliphatic rings. The SMILES string of the molecule is O=C(NC1(C(=O)Cl)Cc2ccccc2C1)C(F)(F)F. The topological polar surface area (TPSA) is 46.2 Å². The highest BCUT2D eigenvalue weighted by Gasteiger charge is 2.49. The van der Waals surface area contributed by atoms with Gasteiger partial charge in [0.25, 0.3) is 0 Å². The third-order valence-electron chi connectivity index (χ3n) is 3.09. The summed E-state index contributed by atoms with van der Waals surface area (Å²) in [6, 6.07) is 6.80. The fraction of sp³-hybridized carbons (Fsp3) is 0.333. The molecular formula is C12H9ClF3NO2. The smallest absolute Gasteiger partial charge is 0.334 e. The van der Waals surface area contributed by atoms with Gasteiger partial charge in [0.05, 0.1) is 0 Å². The molecule has 1 amide bonds. The average Bonchev–Trinajstić information content (AvgIpc) is 2.66. The molecule has 1 N–H and O–H groups in total. The van der Waals surface area contributed by atoms with Crippen molar-refractivity contribution in [1.29, 1.82) is 0 Å². The molecule has 0 fully saturated rings. The highest BCUT2D eigenvalue weighted by molar-refractivity contribution is 6.65. The van der Waals surface area contributed by atoms with Gasteiger partial charge >= 0.3 is 12.1 Å². The average molecular weight is 292 g/mol. The molecular weight excluding hydrogens is 283 g/mol. The van der Waals surface area contributed by atoms with Crippen LogP contribution in [-0.2, 0) is 22.4 Å². The maximum atomic E-state index is 12.3. The molecule has 2 rings (SSSR count). The van der Waals surface area contributed by atoms with Gasteiger partial charge in [-0.15, -0.1) is 0 Å². The van der Waals surface area contributed by atoms with Crippen molar-refractivity contribution < 1.29 is 22.8 Å². The Labute approximate surface area is 111 Å². The Kier molecular flexibility index (Phi) is 3.30. The molecule has 19 heavy (non-hydrogen) atoms. The van der Waals surface area contributed by atoms with Crippen LogP contribution in [0.4, 0.5) is 13.2 Å². The molecule has 0 atom stereocenters. The summed E-state index contributed by atoms with van der Waals surface area (Å²) in [6.45, 7) is 0. The fourth-order valence-electron chi connectivity index (χ4n) is 2.18. The van der Waals surface area contributed by atoms with Crippen LogP contribution < -0.4 is 5.32 Å². The summed E-state index contributed by atoms with van der Waals surface area (Å²) in [5, 5.41) is 0.734. The van der Waals surface area contributed by atoms with Gasteiger partial charge in [-0.1, -0.05) is 24.3 Å². The van der Waals surface area contributed by atoms with Gasteiger partial charge in [0.2, 0.25) is 5.24 Å². The van der Waals surface area contributed by atoms with E-state index < -0.39 is 22.9 Å². The van der Waals surface area contributed by atoms with Crippen LogP contribution in [0.2, 0.25) is 0 Å². The van der Waals surface area contributed by atoms with Gasteiger partial charge in [-0.05, 0) is 22.7 Å². The van der Waals surface area contributed by atoms with Crippen LogP contribution in [0.3, 0.4) is 0 Å². The second-order valence-electron chi connectivity index (χ2n) is 4.43. The molecule has 0 aromatic heterocycles. The molecule has 0 spiro atoms. The molecule has 7 heteroatoms. The van der Waals surface area contributed by atoms with Crippen LogP contribution in [0.1, 0.15) is 11.1 Å². The zero-order valence-corrected chi connectivity index (χ0v) is 10.3. The number of amides is 1. The van der Waals surface area contributed by atoms with E-state index in [0.717, 1.165) is 0 Å². The Bertz CT molecular complexity index is 517. The van der Waals surface area contributed by atoms with E-state index in [1.807, 2.05) is 0 Å². The lowest BCUT2D eigenvalue weighted by Gasteiger charge is -2.26. The number of halogens is 4. The number of hydrogen-bond acceptors (Lipinski definition) is 2. The van der Waals surface area contributed by atoms with Crippen LogP contribution in [0.5, 0.6) is 0 Å². The Hall–Kier alpha value is -1.56. The van der Waals surface area contributed by atoms with Crippen molar-refractivity contribution in [3.63, 3.8) is 0 Å². The predicted octanol–water partition coefficient (Wildman–Crippen LogP) is 1.97. The van der Waals surface area contributed by atoms with Crippen LogP contribution in [-0.4, -0.2) is 22.9 Å². The van der Waals surface area contributed by atoms with Crippen molar-refractivity contribution in [3.8, 4) is 0 Å². The third-order valence-corrected chi connectivity index (χ3v) is 3.45. The van der Waals surface area contributed by atoms with Crippen molar-refractivity contribution in [3.05, 3.63) is 35.4 Å². The maximum absolute atomic E-state index is 12.3. The van der Waals surface area contributed by atoms with Gasteiger partial charge in [0.1, 0.15) is 5.54 Å². The Morgan fingerprint density at radius 1 is 1.16 bits per heavy atom. The lowest BCUT2D eigenvalue weighted by molar-refractivity contribution is -0.175. The molecule has 0 saturated carbocycles.